The Hall–Kier alpha value is -1.92. The molecule has 4 heterocycles. The molecule has 4 atom stereocenters. The first-order valence-electron chi connectivity index (χ1n) is 15.9. The number of likely N-dealkylation sites (tertiary alicyclic amines) is 1. The summed E-state index contributed by atoms with van der Waals surface area (Å²) in [7, 11) is 0. The fraction of sp³-hybridized carbons (Fsp3) is 0.750. The van der Waals surface area contributed by atoms with Crippen molar-refractivity contribution in [1.82, 2.24) is 19.4 Å². The molecule has 3 saturated heterocycles. The summed E-state index contributed by atoms with van der Waals surface area (Å²) in [5.41, 5.74) is 2.32. The number of nitrogens with zero attached hydrogens (tertiary/aromatic N) is 4. The van der Waals surface area contributed by atoms with Crippen LogP contribution in [0, 0.1) is 0 Å². The minimum atomic E-state index is -0.729. The SMILES string of the molecule is O=C(O)CN1CCCCC1c1nc2ccccc2n1C1C[C@H]2CCC[C@@H](C1)N2C1CCCCCCCCC1. The smallest absolute Gasteiger partial charge is 0.317 e. The van der Waals surface area contributed by atoms with E-state index in [1.807, 2.05) is 0 Å². The molecule has 0 radical (unpaired) electrons. The van der Waals surface area contributed by atoms with Crippen LogP contribution in [-0.2, 0) is 4.79 Å². The van der Waals surface area contributed by atoms with E-state index in [0.717, 1.165) is 43.2 Å². The molecule has 1 saturated carbocycles. The first-order valence-corrected chi connectivity index (χ1v) is 15.9. The molecule has 2 aromatic rings. The maximum Gasteiger partial charge on any atom is 0.317 e. The van der Waals surface area contributed by atoms with E-state index in [-0.39, 0.29) is 12.6 Å². The highest BCUT2D eigenvalue weighted by molar-refractivity contribution is 5.76. The number of hydrogen-bond donors (Lipinski definition) is 1. The van der Waals surface area contributed by atoms with Gasteiger partial charge in [0.15, 0.2) is 0 Å². The van der Waals surface area contributed by atoms with Crippen molar-refractivity contribution in [2.24, 2.45) is 0 Å². The van der Waals surface area contributed by atoms with Crippen LogP contribution in [0.4, 0.5) is 0 Å². The van der Waals surface area contributed by atoms with Crippen molar-refractivity contribution in [3.63, 3.8) is 0 Å². The van der Waals surface area contributed by atoms with Crippen molar-refractivity contribution in [3.8, 4) is 0 Å². The normalized spacial score (nSPS) is 30.8. The van der Waals surface area contributed by atoms with Crippen molar-refractivity contribution >= 4 is 17.0 Å². The number of carbonyl (C=O) groups is 1. The van der Waals surface area contributed by atoms with Crippen LogP contribution >= 0.6 is 0 Å². The van der Waals surface area contributed by atoms with Gasteiger partial charge in [-0.1, -0.05) is 69.9 Å². The van der Waals surface area contributed by atoms with Crippen molar-refractivity contribution in [3.05, 3.63) is 30.1 Å². The second-order valence-electron chi connectivity index (χ2n) is 12.7. The van der Waals surface area contributed by atoms with Gasteiger partial charge in [0.25, 0.3) is 0 Å². The molecule has 38 heavy (non-hydrogen) atoms. The van der Waals surface area contributed by atoms with Gasteiger partial charge in [-0.05, 0) is 70.0 Å². The lowest BCUT2D eigenvalue weighted by atomic mass is 9.79. The van der Waals surface area contributed by atoms with Gasteiger partial charge in [-0.15, -0.1) is 0 Å². The Balaban J connectivity index is 1.30. The lowest BCUT2D eigenvalue weighted by Crippen LogP contribution is -2.56. The molecule has 1 aromatic carbocycles. The summed E-state index contributed by atoms with van der Waals surface area (Å²) in [6.07, 6.45) is 22.4. The predicted molar refractivity (Wildman–Crippen MR) is 152 cm³/mol. The highest BCUT2D eigenvalue weighted by Gasteiger charge is 2.43. The number of hydrogen-bond acceptors (Lipinski definition) is 4. The summed E-state index contributed by atoms with van der Waals surface area (Å²) in [4.78, 5) is 22.2. The number of aliphatic carboxylic acids is 1. The highest BCUT2D eigenvalue weighted by Crippen LogP contribution is 2.45. The molecule has 3 aliphatic heterocycles. The predicted octanol–water partition coefficient (Wildman–Crippen LogP) is 7.10. The van der Waals surface area contributed by atoms with Crippen LogP contribution in [0.15, 0.2) is 24.3 Å². The van der Waals surface area contributed by atoms with Crippen molar-refractivity contribution in [2.45, 2.75) is 139 Å². The third kappa shape index (κ3) is 5.54. The topological polar surface area (TPSA) is 61.6 Å². The Morgan fingerprint density at radius 3 is 2.11 bits per heavy atom. The minimum Gasteiger partial charge on any atom is -0.480 e. The van der Waals surface area contributed by atoms with Crippen molar-refractivity contribution in [2.75, 3.05) is 13.1 Å². The number of carboxylic acid groups (broad SMARTS) is 1. The summed E-state index contributed by atoms with van der Waals surface area (Å²) >= 11 is 0. The number of fused-ring (bicyclic) bond motifs is 3. The van der Waals surface area contributed by atoms with Gasteiger partial charge in [0, 0.05) is 24.2 Å². The Morgan fingerprint density at radius 1 is 0.763 bits per heavy atom. The number of imidazole rings is 1. The van der Waals surface area contributed by atoms with E-state index in [0.29, 0.717) is 18.1 Å². The van der Waals surface area contributed by atoms with E-state index in [9.17, 15) is 9.90 Å². The molecule has 2 bridgehead atoms. The summed E-state index contributed by atoms with van der Waals surface area (Å²) in [5, 5.41) is 9.65. The number of rotatable bonds is 5. The molecule has 0 spiro atoms. The van der Waals surface area contributed by atoms with E-state index in [1.54, 1.807) is 0 Å². The van der Waals surface area contributed by atoms with Crippen molar-refractivity contribution in [1.29, 1.82) is 0 Å². The molecule has 208 valence electrons. The number of piperidine rings is 3. The van der Waals surface area contributed by atoms with Gasteiger partial charge in [-0.3, -0.25) is 14.6 Å². The van der Waals surface area contributed by atoms with Gasteiger partial charge in [-0.25, -0.2) is 4.98 Å². The van der Waals surface area contributed by atoms with Gasteiger partial charge >= 0.3 is 5.97 Å². The second kappa shape index (κ2) is 12.1. The zero-order chi connectivity index (χ0) is 25.9. The monoisotopic (exact) mass is 520 g/mol. The van der Waals surface area contributed by atoms with Gasteiger partial charge in [0.1, 0.15) is 5.82 Å². The average Bonchev–Trinajstić information content (AvgIpc) is 3.30. The molecule has 1 N–H and O–H groups in total. The summed E-state index contributed by atoms with van der Waals surface area (Å²) in [6, 6.07) is 11.3. The van der Waals surface area contributed by atoms with Crippen LogP contribution in [0.2, 0.25) is 0 Å². The highest BCUT2D eigenvalue weighted by atomic mass is 16.4. The molecular formula is C32H48N4O2. The molecular weight excluding hydrogens is 472 g/mol. The van der Waals surface area contributed by atoms with Crippen LogP contribution in [0.5, 0.6) is 0 Å². The lowest BCUT2D eigenvalue weighted by molar-refractivity contribution is -0.139. The molecule has 6 heteroatoms. The molecule has 6 nitrogen and oxygen atoms in total. The van der Waals surface area contributed by atoms with E-state index in [4.69, 9.17) is 4.98 Å². The second-order valence-corrected chi connectivity index (χ2v) is 12.7. The first-order chi connectivity index (χ1) is 18.7. The van der Waals surface area contributed by atoms with Crippen LogP contribution in [0.1, 0.15) is 127 Å². The maximum absolute atomic E-state index is 11.7. The van der Waals surface area contributed by atoms with E-state index < -0.39 is 5.97 Å². The van der Waals surface area contributed by atoms with Crippen molar-refractivity contribution < 1.29 is 9.90 Å². The molecule has 2 unspecified atom stereocenters. The van der Waals surface area contributed by atoms with Gasteiger partial charge in [-0.2, -0.15) is 0 Å². The third-order valence-electron chi connectivity index (χ3n) is 10.2. The zero-order valence-corrected chi connectivity index (χ0v) is 23.3. The summed E-state index contributed by atoms with van der Waals surface area (Å²) in [6.45, 7) is 0.963. The summed E-state index contributed by atoms with van der Waals surface area (Å²) < 4.78 is 2.59. The molecule has 1 aliphatic carbocycles. The van der Waals surface area contributed by atoms with Crippen LogP contribution in [0.3, 0.4) is 0 Å². The Morgan fingerprint density at radius 2 is 1.39 bits per heavy atom. The lowest BCUT2D eigenvalue weighted by Gasteiger charge is -2.53. The number of carboxylic acids is 1. The number of aromatic nitrogens is 2. The fourth-order valence-corrected chi connectivity index (χ4v) is 8.61. The van der Waals surface area contributed by atoms with E-state index in [2.05, 4.69) is 38.6 Å². The van der Waals surface area contributed by atoms with Gasteiger partial charge in [0.05, 0.1) is 23.6 Å². The molecule has 4 fully saturated rings. The Labute approximate surface area is 228 Å². The largest absolute Gasteiger partial charge is 0.480 e. The Bertz CT molecular complexity index is 1060. The fourth-order valence-electron chi connectivity index (χ4n) is 8.61. The Kier molecular flexibility index (Phi) is 8.36. The van der Waals surface area contributed by atoms with Gasteiger partial charge < -0.3 is 9.67 Å². The van der Waals surface area contributed by atoms with Crippen LogP contribution in [0.25, 0.3) is 11.0 Å². The van der Waals surface area contributed by atoms with E-state index >= 15 is 0 Å². The third-order valence-corrected chi connectivity index (χ3v) is 10.2. The van der Waals surface area contributed by atoms with Crippen LogP contribution in [-0.4, -0.2) is 61.6 Å². The molecule has 6 rings (SSSR count). The maximum atomic E-state index is 11.7. The molecule has 4 aliphatic rings. The first kappa shape index (κ1) is 26.3. The number of benzene rings is 1. The summed E-state index contributed by atoms with van der Waals surface area (Å²) in [5.74, 6) is 0.399. The molecule has 0 amide bonds. The molecule has 1 aromatic heterocycles. The average molecular weight is 521 g/mol. The zero-order valence-electron chi connectivity index (χ0n) is 23.3. The quantitative estimate of drug-likeness (QED) is 0.456. The van der Waals surface area contributed by atoms with Gasteiger partial charge in [0.2, 0.25) is 0 Å². The number of para-hydroxylation sites is 2. The van der Waals surface area contributed by atoms with Crippen LogP contribution < -0.4 is 0 Å². The standard InChI is InChI=1S/C32H48N4O2/c37-31(38)23-34-20-11-10-19-30(34)32-33-28-17-8-9-18-29(28)36(32)27-21-25-15-12-16-26(22-27)35(25)24-13-6-4-2-1-3-5-7-14-24/h8-9,17-18,24-27,30H,1-7,10-16,19-23H2,(H,37,38)/t25-,26+,27?,30?. The minimum absolute atomic E-state index is 0.100. The van der Waals surface area contributed by atoms with E-state index in [1.165, 1.54) is 95.4 Å².